The van der Waals surface area contributed by atoms with Crippen LogP contribution in [0.1, 0.15) is 11.1 Å². The summed E-state index contributed by atoms with van der Waals surface area (Å²) < 4.78 is 55.3. The van der Waals surface area contributed by atoms with Crippen LogP contribution >= 0.6 is 0 Å². The molecule has 0 bridgehead atoms. The summed E-state index contributed by atoms with van der Waals surface area (Å²) in [5.74, 6) is 2.90. The molecule has 0 unspecified atom stereocenters. The van der Waals surface area contributed by atoms with Gasteiger partial charge in [0.05, 0.1) is 16.8 Å². The molecule has 0 spiro atoms. The monoisotopic (exact) mass is 386 g/mol. The molecule has 0 amide bonds. The summed E-state index contributed by atoms with van der Waals surface area (Å²) in [6.45, 7) is 0. The maximum Gasteiger partial charge on any atom is 0.263 e. The Labute approximate surface area is 154 Å². The van der Waals surface area contributed by atoms with Crippen LogP contribution in [0.2, 0.25) is 0 Å². The van der Waals surface area contributed by atoms with Gasteiger partial charge in [-0.15, -0.1) is 0 Å². The van der Waals surface area contributed by atoms with Crippen molar-refractivity contribution in [3.8, 4) is 11.8 Å². The lowest BCUT2D eigenvalue weighted by molar-refractivity contribution is 0.578. The lowest BCUT2D eigenvalue weighted by Crippen LogP contribution is -2.14. The zero-order chi connectivity index (χ0) is 19.4. The number of nitrogens with one attached hydrogen (secondary N) is 1. The number of nitrogen functional groups attached to an aromatic ring is 1. The van der Waals surface area contributed by atoms with Crippen LogP contribution in [0, 0.1) is 23.5 Å². The number of anilines is 2. The Morgan fingerprint density at radius 2 is 1.81 bits per heavy atom. The summed E-state index contributed by atoms with van der Waals surface area (Å²) in [7, 11) is -4.09. The Kier molecular flexibility index (Phi) is 5.00. The van der Waals surface area contributed by atoms with Crippen molar-refractivity contribution in [3.05, 3.63) is 77.8 Å². The molecule has 0 atom stereocenters. The largest absolute Gasteiger partial charge is 0.383 e. The van der Waals surface area contributed by atoms with E-state index in [-0.39, 0.29) is 16.3 Å². The highest BCUT2D eigenvalue weighted by molar-refractivity contribution is 7.92. The molecule has 0 saturated heterocycles. The minimum absolute atomic E-state index is 0.110. The first kappa shape index (κ1) is 18.3. The van der Waals surface area contributed by atoms with Gasteiger partial charge in [-0.25, -0.2) is 22.2 Å². The van der Waals surface area contributed by atoms with E-state index in [0.29, 0.717) is 0 Å². The first-order valence-corrected chi connectivity index (χ1v) is 9.00. The number of sulfonamides is 1. The van der Waals surface area contributed by atoms with E-state index < -0.39 is 32.9 Å². The highest BCUT2D eigenvalue weighted by Crippen LogP contribution is 2.23. The van der Waals surface area contributed by atoms with Crippen LogP contribution in [0.15, 0.2) is 59.9 Å². The molecule has 2 heterocycles. The maximum absolute atomic E-state index is 14.7. The third-order valence-electron chi connectivity index (χ3n) is 3.44. The van der Waals surface area contributed by atoms with Crippen molar-refractivity contribution in [2.75, 3.05) is 10.5 Å². The maximum atomic E-state index is 14.7. The average molecular weight is 386 g/mol. The van der Waals surface area contributed by atoms with Gasteiger partial charge in [-0.1, -0.05) is 11.8 Å². The first-order valence-electron chi connectivity index (χ1n) is 7.52. The van der Waals surface area contributed by atoms with Crippen molar-refractivity contribution in [1.82, 2.24) is 9.97 Å². The molecule has 0 radical (unpaired) electrons. The Hall–Kier alpha value is -3.51. The fourth-order valence-corrected chi connectivity index (χ4v) is 3.13. The Balaban J connectivity index is 1.99. The summed E-state index contributed by atoms with van der Waals surface area (Å²) in [5.41, 5.74) is 4.90. The lowest BCUT2D eigenvalue weighted by Gasteiger charge is -2.10. The fourth-order valence-electron chi connectivity index (χ4n) is 2.11. The number of aromatic nitrogens is 2. The van der Waals surface area contributed by atoms with Crippen LogP contribution in [0.3, 0.4) is 0 Å². The lowest BCUT2D eigenvalue weighted by atomic mass is 10.1. The zero-order valence-corrected chi connectivity index (χ0v) is 14.5. The van der Waals surface area contributed by atoms with Crippen LogP contribution in [0.4, 0.5) is 20.3 Å². The zero-order valence-electron chi connectivity index (χ0n) is 13.6. The Morgan fingerprint density at radius 1 is 1.04 bits per heavy atom. The van der Waals surface area contributed by atoms with Gasteiger partial charge in [0.1, 0.15) is 16.5 Å². The molecule has 0 aliphatic rings. The van der Waals surface area contributed by atoms with E-state index in [2.05, 4.69) is 26.5 Å². The number of rotatable bonds is 3. The van der Waals surface area contributed by atoms with Crippen LogP contribution in [-0.2, 0) is 10.0 Å². The van der Waals surface area contributed by atoms with E-state index in [1.54, 1.807) is 12.1 Å². The van der Waals surface area contributed by atoms with Gasteiger partial charge in [0.25, 0.3) is 10.0 Å². The molecule has 0 aliphatic heterocycles. The van der Waals surface area contributed by atoms with E-state index in [1.807, 2.05) is 0 Å². The van der Waals surface area contributed by atoms with Crippen molar-refractivity contribution in [2.24, 2.45) is 0 Å². The van der Waals surface area contributed by atoms with E-state index in [1.165, 1.54) is 24.5 Å². The number of hydrogen-bond acceptors (Lipinski definition) is 5. The van der Waals surface area contributed by atoms with Crippen LogP contribution in [0.5, 0.6) is 0 Å². The van der Waals surface area contributed by atoms with Gasteiger partial charge in [0, 0.05) is 18.6 Å². The van der Waals surface area contributed by atoms with Gasteiger partial charge >= 0.3 is 0 Å². The predicted molar refractivity (Wildman–Crippen MR) is 96.0 cm³/mol. The summed E-state index contributed by atoms with van der Waals surface area (Å²) in [6.07, 6.45) is 3.96. The summed E-state index contributed by atoms with van der Waals surface area (Å²) in [5, 5.41) is 0. The second-order valence-corrected chi connectivity index (χ2v) is 6.95. The molecule has 2 aromatic heterocycles. The van der Waals surface area contributed by atoms with E-state index >= 15 is 0 Å². The standard InChI is InChI=1S/C18H12F2N4O2S/c19-15-7-8-16(24-27(25,26)13-4-2-9-22-11-13)17(20)14(15)6-5-12-3-1-10-23-18(12)21/h1-4,7-11,24H,(H2,21,23). The highest BCUT2D eigenvalue weighted by atomic mass is 32.2. The van der Waals surface area contributed by atoms with Crippen LogP contribution in [0.25, 0.3) is 0 Å². The van der Waals surface area contributed by atoms with E-state index in [4.69, 9.17) is 5.73 Å². The quantitative estimate of drug-likeness (QED) is 0.674. The van der Waals surface area contributed by atoms with E-state index in [9.17, 15) is 17.2 Å². The van der Waals surface area contributed by atoms with Gasteiger partial charge in [-0.2, -0.15) is 0 Å². The normalized spacial score (nSPS) is 10.7. The molecule has 0 aliphatic carbocycles. The molecule has 1 aromatic carbocycles. The van der Waals surface area contributed by atoms with Crippen molar-refractivity contribution in [1.29, 1.82) is 0 Å². The topological polar surface area (TPSA) is 98.0 Å². The van der Waals surface area contributed by atoms with Gasteiger partial charge in [0.2, 0.25) is 0 Å². The van der Waals surface area contributed by atoms with Crippen molar-refractivity contribution in [3.63, 3.8) is 0 Å². The molecule has 3 N–H and O–H groups in total. The number of halogens is 2. The molecular formula is C18H12F2N4O2S. The molecular weight excluding hydrogens is 374 g/mol. The van der Waals surface area contributed by atoms with Crippen molar-refractivity contribution >= 4 is 21.5 Å². The molecule has 0 saturated carbocycles. The summed E-state index contributed by atoms with van der Waals surface area (Å²) >= 11 is 0. The highest BCUT2D eigenvalue weighted by Gasteiger charge is 2.19. The number of nitrogens with zero attached hydrogens (tertiary/aromatic N) is 2. The van der Waals surface area contributed by atoms with Crippen LogP contribution < -0.4 is 10.5 Å². The Morgan fingerprint density at radius 3 is 2.52 bits per heavy atom. The molecule has 6 nitrogen and oxygen atoms in total. The second-order valence-electron chi connectivity index (χ2n) is 5.26. The minimum Gasteiger partial charge on any atom is -0.383 e. The smallest absolute Gasteiger partial charge is 0.263 e. The fraction of sp³-hybridized carbons (Fsp3) is 0. The minimum atomic E-state index is -4.09. The number of pyridine rings is 2. The van der Waals surface area contributed by atoms with Gasteiger partial charge in [-0.05, 0) is 36.4 Å². The second kappa shape index (κ2) is 7.39. The number of hydrogen-bond donors (Lipinski definition) is 2. The third-order valence-corrected chi connectivity index (χ3v) is 4.79. The molecule has 9 heteroatoms. The number of benzene rings is 1. The first-order chi connectivity index (χ1) is 12.9. The SMILES string of the molecule is Nc1ncccc1C#Cc1c(F)ccc(NS(=O)(=O)c2cccnc2)c1F. The summed E-state index contributed by atoms with van der Waals surface area (Å²) in [4.78, 5) is 7.37. The van der Waals surface area contributed by atoms with E-state index in [0.717, 1.165) is 18.3 Å². The molecule has 27 heavy (non-hydrogen) atoms. The van der Waals surface area contributed by atoms with Gasteiger partial charge < -0.3 is 5.73 Å². The van der Waals surface area contributed by atoms with Gasteiger partial charge in [0.15, 0.2) is 5.82 Å². The average Bonchev–Trinajstić information content (AvgIpc) is 2.66. The molecule has 136 valence electrons. The van der Waals surface area contributed by atoms with Crippen molar-refractivity contribution in [2.45, 2.75) is 4.90 Å². The molecule has 0 fully saturated rings. The van der Waals surface area contributed by atoms with Gasteiger partial charge in [-0.3, -0.25) is 9.71 Å². The molecule has 3 aromatic rings. The summed E-state index contributed by atoms with van der Waals surface area (Å²) in [6, 6.07) is 7.72. The van der Waals surface area contributed by atoms with Crippen LogP contribution in [-0.4, -0.2) is 18.4 Å². The third kappa shape index (κ3) is 4.02. The molecule has 3 rings (SSSR count). The number of nitrogens with two attached hydrogens (primary N) is 1. The Bertz CT molecular complexity index is 1160. The van der Waals surface area contributed by atoms with Crippen molar-refractivity contribution < 1.29 is 17.2 Å². The predicted octanol–water partition coefficient (Wildman–Crippen LogP) is 2.54.